The molecule has 1 unspecified atom stereocenters. The van der Waals surface area contributed by atoms with Gasteiger partial charge < -0.3 is 43.6 Å². The van der Waals surface area contributed by atoms with E-state index < -0.39 is 125 Å². The van der Waals surface area contributed by atoms with Crippen LogP contribution in [-0.4, -0.2) is 135 Å². The summed E-state index contributed by atoms with van der Waals surface area (Å²) in [6.45, 7) is 2.35. The summed E-state index contributed by atoms with van der Waals surface area (Å²) >= 11 is 0. The van der Waals surface area contributed by atoms with Gasteiger partial charge in [-0.15, -0.1) is 0 Å². The van der Waals surface area contributed by atoms with Crippen LogP contribution in [0.25, 0.3) is 0 Å². The molecule has 0 bridgehead atoms. The summed E-state index contributed by atoms with van der Waals surface area (Å²) < 4.78 is 110. The van der Waals surface area contributed by atoms with Crippen LogP contribution in [0, 0.1) is 0 Å². The smallest absolute Gasteiger partial charge is 0.397 e. The van der Waals surface area contributed by atoms with E-state index in [1.165, 1.54) is 0 Å². The fourth-order valence-electron chi connectivity index (χ4n) is 4.50. The molecule has 2 aliphatic heterocycles. The molecule has 46 heavy (non-hydrogen) atoms. The van der Waals surface area contributed by atoms with Gasteiger partial charge >= 0.3 is 44.7 Å². The Morgan fingerprint density at radius 3 is 1.48 bits per heavy atom. The summed E-state index contributed by atoms with van der Waals surface area (Å²) in [7, 11) is -10.3. The van der Waals surface area contributed by atoms with Gasteiger partial charge in [0.25, 0.3) is 0 Å². The van der Waals surface area contributed by atoms with Crippen molar-refractivity contribution in [3.05, 3.63) is 0 Å². The van der Waals surface area contributed by atoms with Gasteiger partial charge in [-0.25, -0.2) is 8.37 Å². The standard InChI is InChI=1S/C22H33NO21S2/c1-8(24)23-15-18(39-10(3)26)16(13(42-21(15)29)6-36-45(30,31)32)44-22-20(41-12(5)28)19(40-11(4)27)17(38-9(2)25)14(43-22)7-37-46(33,34)35/h13-22,29H,6-7H2,1-5H3,(H,23,24)(H,30,31,32)(H,33,34,35)/t13-,14-,15-,16-,17+,18-,19+,20?,21+,22+/m1/s1. The summed E-state index contributed by atoms with van der Waals surface area (Å²) in [5, 5.41) is 12.8. The Labute approximate surface area is 261 Å². The van der Waals surface area contributed by atoms with E-state index >= 15 is 0 Å². The monoisotopic (exact) mass is 711 g/mol. The van der Waals surface area contributed by atoms with E-state index in [0.717, 1.165) is 34.6 Å². The average Bonchev–Trinajstić information content (AvgIpc) is 2.86. The molecule has 264 valence electrons. The molecule has 2 saturated heterocycles. The van der Waals surface area contributed by atoms with Crippen molar-refractivity contribution in [3.63, 3.8) is 0 Å². The summed E-state index contributed by atoms with van der Waals surface area (Å²) in [6, 6.07) is -1.64. The van der Waals surface area contributed by atoms with E-state index in [4.69, 9.17) is 42.3 Å². The lowest BCUT2D eigenvalue weighted by molar-refractivity contribution is -0.346. The molecule has 22 nitrogen and oxygen atoms in total. The molecule has 2 fully saturated rings. The van der Waals surface area contributed by atoms with Gasteiger partial charge in [-0.3, -0.25) is 33.1 Å². The molecule has 4 N–H and O–H groups in total. The maximum atomic E-state index is 12.1. The molecule has 10 atom stereocenters. The predicted octanol–water partition coefficient (Wildman–Crippen LogP) is -3.32. The number of aliphatic hydroxyl groups excluding tert-OH is 1. The molecule has 2 heterocycles. The van der Waals surface area contributed by atoms with Gasteiger partial charge in [0.1, 0.15) is 24.4 Å². The summed E-state index contributed by atoms with van der Waals surface area (Å²) in [6.07, 6.45) is -17.0. The zero-order valence-corrected chi connectivity index (χ0v) is 26.3. The normalized spacial score (nSPS) is 31.7. The maximum absolute atomic E-state index is 12.1. The molecule has 2 rings (SSSR count). The fourth-order valence-corrected chi connectivity index (χ4v) is 5.11. The van der Waals surface area contributed by atoms with Gasteiger partial charge in [0.15, 0.2) is 37.0 Å². The molecule has 2 aliphatic rings. The van der Waals surface area contributed by atoms with Crippen LogP contribution in [0.2, 0.25) is 0 Å². The van der Waals surface area contributed by atoms with Crippen molar-refractivity contribution in [2.24, 2.45) is 0 Å². The van der Waals surface area contributed by atoms with Crippen LogP contribution >= 0.6 is 0 Å². The zero-order valence-electron chi connectivity index (χ0n) is 24.7. The molecule has 0 aliphatic carbocycles. The Morgan fingerprint density at radius 1 is 0.630 bits per heavy atom. The topological polar surface area (TPSA) is 309 Å². The molecule has 24 heteroatoms. The lowest BCUT2D eigenvalue weighted by Crippen LogP contribution is -2.68. The van der Waals surface area contributed by atoms with Crippen molar-refractivity contribution in [2.45, 2.75) is 96.0 Å². The Balaban J connectivity index is 2.71. The number of ether oxygens (including phenoxy) is 7. The molecule has 0 aromatic carbocycles. The molecular weight excluding hydrogens is 678 g/mol. The molecule has 0 aromatic rings. The van der Waals surface area contributed by atoms with Crippen LogP contribution < -0.4 is 5.32 Å². The first kappa shape index (κ1) is 39.1. The second-order valence-corrected chi connectivity index (χ2v) is 11.8. The molecule has 0 aromatic heterocycles. The Hall–Kier alpha value is -3.07. The first-order chi connectivity index (χ1) is 21.1. The van der Waals surface area contributed by atoms with Crippen molar-refractivity contribution in [2.75, 3.05) is 13.2 Å². The SMILES string of the molecule is CC(=O)N[C@@H]1[C@@H](OC(C)=O)[C@H](O[C@@H]2O[C@H](COS(=O)(=O)O)[C@H](OC(C)=O)[C@H](OC(C)=O)C2OC(C)=O)[C@@H](COS(=O)(=O)O)O[C@@H]1O. The van der Waals surface area contributed by atoms with Crippen LogP contribution in [0.15, 0.2) is 0 Å². The average molecular weight is 712 g/mol. The number of hydrogen-bond acceptors (Lipinski definition) is 19. The molecule has 1 amide bonds. The molecular formula is C22H33NO21S2. The molecule has 0 spiro atoms. The Morgan fingerprint density at radius 2 is 1.04 bits per heavy atom. The zero-order chi connectivity index (χ0) is 35.1. The summed E-state index contributed by atoms with van der Waals surface area (Å²) in [5.74, 6) is -4.98. The maximum Gasteiger partial charge on any atom is 0.397 e. The minimum Gasteiger partial charge on any atom is -0.457 e. The second-order valence-electron chi connectivity index (χ2n) is 9.66. The van der Waals surface area contributed by atoms with Crippen LogP contribution in [0.3, 0.4) is 0 Å². The van der Waals surface area contributed by atoms with Gasteiger partial charge in [0.05, 0.1) is 13.2 Å². The first-order valence-corrected chi connectivity index (χ1v) is 15.6. The first-order valence-electron chi connectivity index (χ1n) is 12.9. The molecule has 0 radical (unpaired) electrons. The Bertz CT molecular complexity index is 1350. The van der Waals surface area contributed by atoms with E-state index in [-0.39, 0.29) is 0 Å². The van der Waals surface area contributed by atoms with Gasteiger partial charge in [-0.1, -0.05) is 0 Å². The van der Waals surface area contributed by atoms with E-state index in [0.29, 0.717) is 0 Å². The number of nitrogens with one attached hydrogen (secondary N) is 1. The van der Waals surface area contributed by atoms with Crippen molar-refractivity contribution >= 4 is 50.6 Å². The van der Waals surface area contributed by atoms with E-state index in [9.17, 15) is 45.9 Å². The van der Waals surface area contributed by atoms with Crippen LogP contribution in [-0.2, 0) is 86.3 Å². The highest BCUT2D eigenvalue weighted by Crippen LogP contribution is 2.34. The number of rotatable bonds is 13. The minimum atomic E-state index is -5.17. The van der Waals surface area contributed by atoms with Crippen molar-refractivity contribution in [3.8, 4) is 0 Å². The third kappa shape index (κ3) is 12.3. The van der Waals surface area contributed by atoms with Crippen LogP contribution in [0.5, 0.6) is 0 Å². The quantitative estimate of drug-likeness (QED) is 0.0825. The largest absolute Gasteiger partial charge is 0.457 e. The highest BCUT2D eigenvalue weighted by Gasteiger charge is 2.56. The van der Waals surface area contributed by atoms with Gasteiger partial charge in [0, 0.05) is 34.6 Å². The second kappa shape index (κ2) is 16.2. The highest BCUT2D eigenvalue weighted by molar-refractivity contribution is 7.81. The summed E-state index contributed by atoms with van der Waals surface area (Å²) in [4.78, 5) is 60.2. The van der Waals surface area contributed by atoms with E-state index in [2.05, 4.69) is 13.7 Å². The van der Waals surface area contributed by atoms with Crippen molar-refractivity contribution in [1.29, 1.82) is 0 Å². The number of hydrogen-bond donors (Lipinski definition) is 4. The highest BCUT2D eigenvalue weighted by atomic mass is 32.3. The van der Waals surface area contributed by atoms with Crippen LogP contribution in [0.1, 0.15) is 34.6 Å². The Kier molecular flexibility index (Phi) is 13.7. The molecule has 0 saturated carbocycles. The predicted molar refractivity (Wildman–Crippen MR) is 139 cm³/mol. The van der Waals surface area contributed by atoms with Crippen molar-refractivity contribution in [1.82, 2.24) is 5.32 Å². The number of esters is 4. The number of carbonyl (C=O) groups is 5. The fraction of sp³-hybridized carbons (Fsp3) is 0.773. The number of carbonyl (C=O) groups excluding carboxylic acids is 5. The lowest BCUT2D eigenvalue weighted by Gasteiger charge is -2.48. The minimum absolute atomic E-state index is 0.788. The number of aliphatic hydroxyl groups is 1. The third-order valence-corrected chi connectivity index (χ3v) is 6.76. The summed E-state index contributed by atoms with van der Waals surface area (Å²) in [5.41, 5.74) is 0. The van der Waals surface area contributed by atoms with E-state index in [1.807, 2.05) is 0 Å². The van der Waals surface area contributed by atoms with Gasteiger partial charge in [0.2, 0.25) is 5.91 Å². The van der Waals surface area contributed by atoms with Crippen molar-refractivity contribution < 1.29 is 96.5 Å². The van der Waals surface area contributed by atoms with Gasteiger partial charge in [-0.2, -0.15) is 16.8 Å². The van der Waals surface area contributed by atoms with E-state index in [1.54, 1.807) is 0 Å². The third-order valence-electron chi connectivity index (χ3n) is 5.89. The van der Waals surface area contributed by atoms with Gasteiger partial charge in [-0.05, 0) is 0 Å². The number of amides is 1. The van der Waals surface area contributed by atoms with Crippen LogP contribution in [0.4, 0.5) is 0 Å². The lowest BCUT2D eigenvalue weighted by atomic mass is 9.95.